The van der Waals surface area contributed by atoms with Crippen LogP contribution in [0.25, 0.3) is 0 Å². The van der Waals surface area contributed by atoms with Gasteiger partial charge in [0.15, 0.2) is 0 Å². The van der Waals surface area contributed by atoms with Crippen LogP contribution >= 0.6 is 0 Å². The number of hydrogen-bond acceptors (Lipinski definition) is 3. The molecule has 1 atom stereocenters. The first-order valence-corrected chi connectivity index (χ1v) is 7.56. The summed E-state index contributed by atoms with van der Waals surface area (Å²) in [7, 11) is 0. The first-order valence-electron chi connectivity index (χ1n) is 7.56. The summed E-state index contributed by atoms with van der Waals surface area (Å²) in [5.41, 5.74) is 7.96. The lowest BCUT2D eigenvalue weighted by Crippen LogP contribution is -2.38. The third-order valence-corrected chi connectivity index (χ3v) is 3.85. The van der Waals surface area contributed by atoms with Gasteiger partial charge >= 0.3 is 0 Å². The maximum absolute atomic E-state index is 5.74. The number of nitrogens with one attached hydrogen (secondary N) is 1. The number of benzene rings is 1. The molecular formula is C17H26N4. The topological polar surface area (TPSA) is 55.9 Å². The molecule has 0 aliphatic rings. The summed E-state index contributed by atoms with van der Waals surface area (Å²) in [6.07, 6.45) is 3.79. The Morgan fingerprint density at radius 1 is 1.19 bits per heavy atom. The molecule has 0 spiro atoms. The SMILES string of the molecule is Cc1ccc(C)c(CC(Cc2ccn(C(C)C)n2)NN)c1. The number of rotatable bonds is 6. The van der Waals surface area contributed by atoms with Crippen molar-refractivity contribution in [2.45, 2.75) is 52.6 Å². The normalized spacial score (nSPS) is 12.9. The van der Waals surface area contributed by atoms with Crippen molar-refractivity contribution in [3.05, 3.63) is 52.8 Å². The average molecular weight is 286 g/mol. The molecule has 1 heterocycles. The van der Waals surface area contributed by atoms with Gasteiger partial charge in [-0.15, -0.1) is 0 Å². The van der Waals surface area contributed by atoms with E-state index < -0.39 is 0 Å². The molecule has 1 aromatic carbocycles. The minimum Gasteiger partial charge on any atom is -0.271 e. The van der Waals surface area contributed by atoms with E-state index in [1.165, 1.54) is 16.7 Å². The summed E-state index contributed by atoms with van der Waals surface area (Å²) in [4.78, 5) is 0. The molecule has 0 amide bonds. The zero-order valence-corrected chi connectivity index (χ0v) is 13.4. The van der Waals surface area contributed by atoms with Gasteiger partial charge in [-0.3, -0.25) is 16.0 Å². The van der Waals surface area contributed by atoms with E-state index in [0.717, 1.165) is 18.5 Å². The monoisotopic (exact) mass is 286 g/mol. The third-order valence-electron chi connectivity index (χ3n) is 3.85. The Morgan fingerprint density at radius 2 is 1.95 bits per heavy atom. The molecule has 2 aromatic rings. The highest BCUT2D eigenvalue weighted by atomic mass is 15.3. The Kier molecular flexibility index (Phi) is 5.15. The second-order valence-electron chi connectivity index (χ2n) is 6.08. The predicted molar refractivity (Wildman–Crippen MR) is 87.0 cm³/mol. The second-order valence-corrected chi connectivity index (χ2v) is 6.08. The molecule has 4 nitrogen and oxygen atoms in total. The molecule has 114 valence electrons. The van der Waals surface area contributed by atoms with Crippen molar-refractivity contribution in [1.29, 1.82) is 0 Å². The molecule has 21 heavy (non-hydrogen) atoms. The lowest BCUT2D eigenvalue weighted by Gasteiger charge is -2.17. The van der Waals surface area contributed by atoms with Crippen LogP contribution in [0.15, 0.2) is 30.5 Å². The quantitative estimate of drug-likeness (QED) is 0.634. The van der Waals surface area contributed by atoms with E-state index >= 15 is 0 Å². The van der Waals surface area contributed by atoms with Crippen molar-refractivity contribution < 1.29 is 0 Å². The van der Waals surface area contributed by atoms with Crippen LogP contribution in [0.3, 0.4) is 0 Å². The molecule has 4 heteroatoms. The summed E-state index contributed by atoms with van der Waals surface area (Å²) in [5.74, 6) is 5.74. The van der Waals surface area contributed by atoms with Crippen LogP contribution < -0.4 is 11.3 Å². The smallest absolute Gasteiger partial charge is 0.0640 e. The number of nitrogens with zero attached hydrogens (tertiary/aromatic N) is 2. The average Bonchev–Trinajstić information content (AvgIpc) is 2.90. The highest BCUT2D eigenvalue weighted by Gasteiger charge is 2.13. The van der Waals surface area contributed by atoms with Crippen molar-refractivity contribution in [2.75, 3.05) is 0 Å². The summed E-state index contributed by atoms with van der Waals surface area (Å²) < 4.78 is 1.99. The van der Waals surface area contributed by atoms with Gasteiger partial charge in [-0.25, -0.2) is 0 Å². The number of aromatic nitrogens is 2. The first kappa shape index (κ1) is 15.7. The van der Waals surface area contributed by atoms with Crippen LogP contribution in [0.1, 0.15) is 42.3 Å². The maximum Gasteiger partial charge on any atom is 0.0640 e. The van der Waals surface area contributed by atoms with Crippen molar-refractivity contribution in [3.63, 3.8) is 0 Å². The summed E-state index contributed by atoms with van der Waals surface area (Å²) >= 11 is 0. The second kappa shape index (κ2) is 6.87. The fourth-order valence-corrected chi connectivity index (χ4v) is 2.50. The van der Waals surface area contributed by atoms with E-state index in [1.54, 1.807) is 0 Å². The van der Waals surface area contributed by atoms with Crippen LogP contribution in [0.4, 0.5) is 0 Å². The largest absolute Gasteiger partial charge is 0.271 e. The maximum atomic E-state index is 5.74. The molecule has 0 aliphatic heterocycles. The third kappa shape index (κ3) is 4.16. The van der Waals surface area contributed by atoms with Crippen molar-refractivity contribution in [2.24, 2.45) is 5.84 Å². The van der Waals surface area contributed by atoms with Gasteiger partial charge in [0.2, 0.25) is 0 Å². The fourth-order valence-electron chi connectivity index (χ4n) is 2.50. The standard InChI is InChI=1S/C17H26N4/c1-12(2)21-8-7-16(20-21)11-17(19-18)10-15-9-13(3)5-6-14(15)4/h5-9,12,17,19H,10-11,18H2,1-4H3. The van der Waals surface area contributed by atoms with Gasteiger partial charge in [0.05, 0.1) is 5.69 Å². The Hall–Kier alpha value is -1.65. The van der Waals surface area contributed by atoms with Crippen molar-refractivity contribution >= 4 is 0 Å². The molecule has 3 N–H and O–H groups in total. The molecule has 1 aromatic heterocycles. The van der Waals surface area contributed by atoms with Gasteiger partial charge in [0, 0.05) is 24.7 Å². The molecule has 1 unspecified atom stereocenters. The van der Waals surface area contributed by atoms with Gasteiger partial charge < -0.3 is 0 Å². The lowest BCUT2D eigenvalue weighted by atomic mass is 9.97. The van der Waals surface area contributed by atoms with E-state index in [4.69, 9.17) is 5.84 Å². The molecular weight excluding hydrogens is 260 g/mol. The van der Waals surface area contributed by atoms with Crippen LogP contribution in [-0.4, -0.2) is 15.8 Å². The number of nitrogens with two attached hydrogens (primary N) is 1. The minimum absolute atomic E-state index is 0.195. The zero-order valence-electron chi connectivity index (χ0n) is 13.4. The Morgan fingerprint density at radius 3 is 2.57 bits per heavy atom. The van der Waals surface area contributed by atoms with Crippen LogP contribution in [-0.2, 0) is 12.8 Å². The van der Waals surface area contributed by atoms with E-state index in [9.17, 15) is 0 Å². The Bertz CT molecular complexity index is 586. The van der Waals surface area contributed by atoms with Crippen LogP contribution in [0.5, 0.6) is 0 Å². The lowest BCUT2D eigenvalue weighted by molar-refractivity contribution is 0.494. The van der Waals surface area contributed by atoms with Crippen LogP contribution in [0, 0.1) is 13.8 Å². The van der Waals surface area contributed by atoms with Gasteiger partial charge in [-0.05, 0) is 51.3 Å². The Labute approximate surface area is 127 Å². The van der Waals surface area contributed by atoms with Gasteiger partial charge in [0.1, 0.15) is 0 Å². The highest BCUT2D eigenvalue weighted by molar-refractivity contribution is 5.31. The van der Waals surface area contributed by atoms with Crippen molar-refractivity contribution in [3.8, 4) is 0 Å². The number of hydrazine groups is 1. The predicted octanol–water partition coefficient (Wildman–Crippen LogP) is 2.70. The summed E-state index contributed by atoms with van der Waals surface area (Å²) in [6.45, 7) is 8.53. The van der Waals surface area contributed by atoms with Crippen molar-refractivity contribution in [1.82, 2.24) is 15.2 Å². The molecule has 0 radical (unpaired) electrons. The van der Waals surface area contributed by atoms with Gasteiger partial charge in [0.25, 0.3) is 0 Å². The molecule has 0 saturated carbocycles. The number of hydrogen-bond donors (Lipinski definition) is 2. The zero-order chi connectivity index (χ0) is 15.4. The van der Waals surface area contributed by atoms with Crippen LogP contribution in [0.2, 0.25) is 0 Å². The summed E-state index contributed by atoms with van der Waals surface area (Å²) in [6, 6.07) is 9.22. The first-order chi connectivity index (χ1) is 9.99. The summed E-state index contributed by atoms with van der Waals surface area (Å²) in [5, 5.41) is 4.60. The van der Waals surface area contributed by atoms with Gasteiger partial charge in [-0.2, -0.15) is 5.10 Å². The molecule has 0 bridgehead atoms. The van der Waals surface area contributed by atoms with E-state index in [0.29, 0.717) is 6.04 Å². The number of aryl methyl sites for hydroxylation is 2. The molecule has 0 fully saturated rings. The van der Waals surface area contributed by atoms with Gasteiger partial charge in [-0.1, -0.05) is 23.8 Å². The molecule has 0 saturated heterocycles. The Balaban J connectivity index is 2.07. The fraction of sp³-hybridized carbons (Fsp3) is 0.471. The van der Waals surface area contributed by atoms with E-state index in [2.05, 4.69) is 62.5 Å². The molecule has 2 rings (SSSR count). The van der Waals surface area contributed by atoms with E-state index in [-0.39, 0.29) is 6.04 Å². The highest BCUT2D eigenvalue weighted by Crippen LogP contribution is 2.15. The minimum atomic E-state index is 0.195. The van der Waals surface area contributed by atoms with E-state index in [1.807, 2.05) is 10.9 Å². The molecule has 0 aliphatic carbocycles.